The summed E-state index contributed by atoms with van der Waals surface area (Å²) >= 11 is 0. The monoisotopic (exact) mass is 323 g/mol. The number of pyridine rings is 1. The predicted octanol–water partition coefficient (Wildman–Crippen LogP) is 1.45. The Labute approximate surface area is 139 Å². The molecule has 7 nitrogen and oxygen atoms in total. The van der Waals surface area contributed by atoms with Crippen LogP contribution in [-0.4, -0.2) is 28.6 Å². The molecule has 0 spiro atoms. The Kier molecular flexibility index (Phi) is 4.24. The Morgan fingerprint density at radius 2 is 1.96 bits per heavy atom. The lowest BCUT2D eigenvalue weighted by Crippen LogP contribution is -2.39. The van der Waals surface area contributed by atoms with Gasteiger partial charge in [-0.15, -0.1) is 0 Å². The summed E-state index contributed by atoms with van der Waals surface area (Å²) in [6.07, 6.45) is 1.82. The summed E-state index contributed by atoms with van der Waals surface area (Å²) in [7, 11) is 0. The van der Waals surface area contributed by atoms with Crippen LogP contribution in [0.1, 0.15) is 12.0 Å². The summed E-state index contributed by atoms with van der Waals surface area (Å²) in [6, 6.07) is 12.0. The second-order valence-corrected chi connectivity index (χ2v) is 5.52. The van der Waals surface area contributed by atoms with Crippen molar-refractivity contribution in [3.8, 4) is 0 Å². The molecule has 0 aliphatic carbocycles. The number of carbonyl (C=O) groups excluding carboxylic acids is 2. The topological polar surface area (TPSA) is 101 Å². The maximum absolute atomic E-state index is 12.4. The van der Waals surface area contributed by atoms with E-state index in [2.05, 4.69) is 15.4 Å². The van der Waals surface area contributed by atoms with Gasteiger partial charge in [0, 0.05) is 12.6 Å². The van der Waals surface area contributed by atoms with Crippen molar-refractivity contribution in [2.75, 3.05) is 10.3 Å². The van der Waals surface area contributed by atoms with Gasteiger partial charge in [-0.05, 0) is 30.7 Å². The molecule has 0 radical (unpaired) electrons. The first-order valence-corrected chi connectivity index (χ1v) is 7.49. The van der Waals surface area contributed by atoms with Crippen molar-refractivity contribution in [3.05, 3.63) is 54.2 Å². The van der Waals surface area contributed by atoms with Gasteiger partial charge in [0.15, 0.2) is 0 Å². The van der Waals surface area contributed by atoms with Crippen LogP contribution in [0.4, 0.5) is 11.5 Å². The fraction of sp³-hybridized carbons (Fsp3) is 0.176. The second-order valence-electron chi connectivity index (χ2n) is 5.52. The number of carbonyl (C=O) groups is 2. The Hall–Kier alpha value is -3.22. The molecule has 122 valence electrons. The van der Waals surface area contributed by atoms with Gasteiger partial charge in [0.25, 0.3) is 5.91 Å². The highest BCUT2D eigenvalue weighted by molar-refractivity contribution is 6.44. The molecule has 2 amide bonds. The summed E-state index contributed by atoms with van der Waals surface area (Å²) in [5.41, 5.74) is 7.40. The third-order valence-electron chi connectivity index (χ3n) is 3.67. The van der Waals surface area contributed by atoms with Gasteiger partial charge in [-0.3, -0.25) is 14.6 Å². The molecule has 1 aliphatic heterocycles. The van der Waals surface area contributed by atoms with Crippen LogP contribution in [0.25, 0.3) is 0 Å². The van der Waals surface area contributed by atoms with Crippen molar-refractivity contribution < 1.29 is 9.59 Å². The van der Waals surface area contributed by atoms with Gasteiger partial charge in [-0.1, -0.05) is 24.3 Å². The van der Waals surface area contributed by atoms with Gasteiger partial charge in [0.05, 0.1) is 5.69 Å². The van der Waals surface area contributed by atoms with E-state index in [1.54, 1.807) is 12.3 Å². The second kappa shape index (κ2) is 6.49. The zero-order valence-corrected chi connectivity index (χ0v) is 13.1. The highest BCUT2D eigenvalue weighted by Crippen LogP contribution is 2.24. The third kappa shape index (κ3) is 3.24. The smallest absolute Gasteiger partial charge is 0.273 e. The summed E-state index contributed by atoms with van der Waals surface area (Å²) in [5, 5.41) is 8.45. The van der Waals surface area contributed by atoms with E-state index in [-0.39, 0.29) is 12.1 Å². The molecular weight excluding hydrogens is 306 g/mol. The van der Waals surface area contributed by atoms with E-state index in [9.17, 15) is 9.59 Å². The SMILES string of the molecule is Cc1ccc(NC(=O)C2=NN(c3ccccc3)[C@@H](C(N)=O)C2)nc1. The quantitative estimate of drug-likeness (QED) is 0.889. The lowest BCUT2D eigenvalue weighted by Gasteiger charge is -2.20. The molecular formula is C17H17N5O2. The average molecular weight is 323 g/mol. The number of nitrogens with zero attached hydrogens (tertiary/aromatic N) is 3. The Morgan fingerprint density at radius 3 is 2.58 bits per heavy atom. The van der Waals surface area contributed by atoms with E-state index in [1.807, 2.05) is 43.3 Å². The number of nitrogens with two attached hydrogens (primary N) is 1. The van der Waals surface area contributed by atoms with E-state index in [1.165, 1.54) is 5.01 Å². The number of nitrogens with one attached hydrogen (secondary N) is 1. The van der Waals surface area contributed by atoms with Gasteiger partial charge >= 0.3 is 0 Å². The maximum Gasteiger partial charge on any atom is 0.273 e. The molecule has 0 fully saturated rings. The first-order chi connectivity index (χ1) is 11.5. The molecule has 0 unspecified atom stereocenters. The fourth-order valence-electron chi connectivity index (χ4n) is 2.42. The zero-order chi connectivity index (χ0) is 17.1. The average Bonchev–Trinajstić information content (AvgIpc) is 3.03. The summed E-state index contributed by atoms with van der Waals surface area (Å²) in [4.78, 5) is 28.2. The summed E-state index contributed by atoms with van der Waals surface area (Å²) < 4.78 is 0. The Morgan fingerprint density at radius 1 is 1.21 bits per heavy atom. The van der Waals surface area contributed by atoms with Crippen molar-refractivity contribution in [3.63, 3.8) is 0 Å². The van der Waals surface area contributed by atoms with Crippen LogP contribution in [0, 0.1) is 6.92 Å². The Bertz CT molecular complexity index is 786. The standard InChI is InChI=1S/C17H17N5O2/c1-11-7-8-15(19-10-11)20-17(24)13-9-14(16(18)23)22(21-13)12-5-3-2-4-6-12/h2-8,10,14H,9H2,1H3,(H2,18,23)(H,19,20,24)/t14-/m1/s1. The minimum atomic E-state index is -0.681. The van der Waals surface area contributed by atoms with E-state index in [0.29, 0.717) is 11.5 Å². The molecule has 3 rings (SSSR count). The number of hydrogen-bond donors (Lipinski definition) is 2. The molecule has 1 aliphatic rings. The number of primary amides is 1. The molecule has 0 bridgehead atoms. The highest BCUT2D eigenvalue weighted by Gasteiger charge is 2.34. The molecule has 0 saturated carbocycles. The van der Waals surface area contributed by atoms with Crippen molar-refractivity contribution in [2.24, 2.45) is 10.8 Å². The molecule has 1 atom stereocenters. The van der Waals surface area contributed by atoms with Gasteiger partial charge in [0.1, 0.15) is 17.6 Å². The van der Waals surface area contributed by atoms with E-state index in [4.69, 9.17) is 5.73 Å². The van der Waals surface area contributed by atoms with Gasteiger partial charge in [-0.25, -0.2) is 4.98 Å². The van der Waals surface area contributed by atoms with Crippen LogP contribution >= 0.6 is 0 Å². The van der Waals surface area contributed by atoms with E-state index in [0.717, 1.165) is 5.56 Å². The van der Waals surface area contributed by atoms with Crippen LogP contribution in [0.2, 0.25) is 0 Å². The van der Waals surface area contributed by atoms with Crippen molar-refractivity contribution in [2.45, 2.75) is 19.4 Å². The van der Waals surface area contributed by atoms with Crippen LogP contribution in [0.15, 0.2) is 53.8 Å². The fourth-order valence-corrected chi connectivity index (χ4v) is 2.42. The number of rotatable bonds is 4. The number of aryl methyl sites for hydroxylation is 1. The number of aromatic nitrogens is 1. The molecule has 2 heterocycles. The third-order valence-corrected chi connectivity index (χ3v) is 3.67. The first-order valence-electron chi connectivity index (χ1n) is 7.49. The van der Waals surface area contributed by atoms with Crippen LogP contribution < -0.4 is 16.1 Å². The maximum atomic E-state index is 12.4. The number of hydrogen-bond acceptors (Lipinski definition) is 5. The van der Waals surface area contributed by atoms with E-state index >= 15 is 0 Å². The normalized spacial score (nSPS) is 16.6. The van der Waals surface area contributed by atoms with Crippen molar-refractivity contribution in [1.82, 2.24) is 4.98 Å². The van der Waals surface area contributed by atoms with E-state index < -0.39 is 17.9 Å². The molecule has 2 aromatic rings. The van der Waals surface area contributed by atoms with Crippen LogP contribution in [0.3, 0.4) is 0 Å². The van der Waals surface area contributed by atoms with Gasteiger partial charge in [0.2, 0.25) is 5.91 Å². The van der Waals surface area contributed by atoms with Crippen LogP contribution in [-0.2, 0) is 9.59 Å². The molecule has 3 N–H and O–H groups in total. The minimum absolute atomic E-state index is 0.155. The van der Waals surface area contributed by atoms with Gasteiger partial charge in [-0.2, -0.15) is 5.10 Å². The number of amides is 2. The molecule has 1 aromatic heterocycles. The largest absolute Gasteiger partial charge is 0.368 e. The summed E-state index contributed by atoms with van der Waals surface area (Å²) in [5.74, 6) is -0.489. The molecule has 1 aromatic carbocycles. The lowest BCUT2D eigenvalue weighted by molar-refractivity contribution is -0.119. The number of anilines is 2. The predicted molar refractivity (Wildman–Crippen MR) is 91.6 cm³/mol. The number of benzene rings is 1. The zero-order valence-electron chi connectivity index (χ0n) is 13.1. The van der Waals surface area contributed by atoms with Crippen molar-refractivity contribution in [1.29, 1.82) is 0 Å². The van der Waals surface area contributed by atoms with Crippen LogP contribution in [0.5, 0.6) is 0 Å². The summed E-state index contributed by atoms with van der Waals surface area (Å²) in [6.45, 7) is 1.91. The molecule has 24 heavy (non-hydrogen) atoms. The minimum Gasteiger partial charge on any atom is -0.368 e. The van der Waals surface area contributed by atoms with Crippen molar-refractivity contribution >= 4 is 29.0 Å². The highest BCUT2D eigenvalue weighted by atomic mass is 16.2. The van der Waals surface area contributed by atoms with Gasteiger partial charge < -0.3 is 11.1 Å². The Balaban J connectivity index is 1.81. The lowest BCUT2D eigenvalue weighted by atomic mass is 10.1. The number of para-hydroxylation sites is 1. The molecule has 7 heteroatoms. The first kappa shape index (κ1) is 15.7. The number of hydrazone groups is 1. The molecule has 0 saturated heterocycles.